The Morgan fingerprint density at radius 3 is 2.60 bits per heavy atom. The molecule has 0 spiro atoms. The molecule has 1 unspecified atom stereocenters. The van der Waals surface area contributed by atoms with Crippen LogP contribution in [-0.4, -0.2) is 36.4 Å². The number of nitrogens with one attached hydrogen (secondary N) is 1. The molecule has 2 fully saturated rings. The summed E-state index contributed by atoms with van der Waals surface area (Å²) in [6.07, 6.45) is 5.58. The van der Waals surface area contributed by atoms with E-state index in [4.69, 9.17) is 4.74 Å². The van der Waals surface area contributed by atoms with Gasteiger partial charge in [0.15, 0.2) is 0 Å². The van der Waals surface area contributed by atoms with Crippen LogP contribution in [0.1, 0.15) is 32.1 Å². The van der Waals surface area contributed by atoms with E-state index in [-0.39, 0.29) is 5.92 Å². The highest BCUT2D eigenvalue weighted by molar-refractivity contribution is 5.79. The van der Waals surface area contributed by atoms with E-state index in [1.54, 1.807) is 0 Å². The average Bonchev–Trinajstić information content (AvgIpc) is 2.31. The van der Waals surface area contributed by atoms with Gasteiger partial charge in [0.1, 0.15) is 5.54 Å². The van der Waals surface area contributed by atoms with Crippen molar-refractivity contribution >= 4 is 5.97 Å². The Balaban J connectivity index is 2.12. The van der Waals surface area contributed by atoms with Crippen molar-refractivity contribution in [3.05, 3.63) is 0 Å². The van der Waals surface area contributed by atoms with Crippen molar-refractivity contribution in [1.82, 2.24) is 5.32 Å². The van der Waals surface area contributed by atoms with Crippen LogP contribution in [-0.2, 0) is 9.53 Å². The molecule has 1 saturated carbocycles. The second-order valence-corrected chi connectivity index (χ2v) is 4.59. The predicted octanol–water partition coefficient (Wildman–Crippen LogP) is 1.01. The van der Waals surface area contributed by atoms with Crippen molar-refractivity contribution in [3.8, 4) is 0 Å². The van der Waals surface area contributed by atoms with Crippen LogP contribution in [0.5, 0.6) is 0 Å². The Kier molecular flexibility index (Phi) is 3.26. The Hall–Kier alpha value is -0.610. The van der Waals surface area contributed by atoms with Crippen LogP contribution in [0.2, 0.25) is 0 Å². The summed E-state index contributed by atoms with van der Waals surface area (Å²) in [5.74, 6) is -0.502. The molecular weight excluding hydrogens is 194 g/mol. The SMILES string of the molecule is O=C(O)C1(C2CCCCC2)COCCN1. The minimum Gasteiger partial charge on any atom is -0.480 e. The first-order valence-corrected chi connectivity index (χ1v) is 5.82. The monoisotopic (exact) mass is 213 g/mol. The standard InChI is InChI=1S/C11H19NO3/c13-10(14)11(8-15-7-6-12-11)9-4-2-1-3-5-9/h9,12H,1-8H2,(H,13,14). The second kappa shape index (κ2) is 4.49. The van der Waals surface area contributed by atoms with Crippen molar-refractivity contribution in [1.29, 1.82) is 0 Å². The van der Waals surface area contributed by atoms with Gasteiger partial charge >= 0.3 is 5.97 Å². The molecule has 4 nitrogen and oxygen atoms in total. The molecule has 0 aromatic rings. The van der Waals surface area contributed by atoms with Crippen molar-refractivity contribution in [3.63, 3.8) is 0 Å². The first kappa shape index (κ1) is 10.9. The third-order valence-electron chi connectivity index (χ3n) is 3.70. The van der Waals surface area contributed by atoms with Gasteiger partial charge in [0.2, 0.25) is 0 Å². The number of carboxylic acid groups (broad SMARTS) is 1. The molecule has 1 heterocycles. The largest absolute Gasteiger partial charge is 0.480 e. The Morgan fingerprint density at radius 2 is 2.07 bits per heavy atom. The van der Waals surface area contributed by atoms with E-state index in [1.807, 2.05) is 0 Å². The van der Waals surface area contributed by atoms with Crippen molar-refractivity contribution in [2.24, 2.45) is 5.92 Å². The molecule has 1 atom stereocenters. The summed E-state index contributed by atoms with van der Waals surface area (Å²) in [7, 11) is 0. The molecule has 2 rings (SSSR count). The molecule has 2 aliphatic rings. The molecule has 86 valence electrons. The highest BCUT2D eigenvalue weighted by Crippen LogP contribution is 2.34. The smallest absolute Gasteiger partial charge is 0.326 e. The number of rotatable bonds is 2. The maximum atomic E-state index is 11.4. The van der Waals surface area contributed by atoms with E-state index in [0.29, 0.717) is 19.8 Å². The van der Waals surface area contributed by atoms with Gasteiger partial charge in [0, 0.05) is 6.54 Å². The predicted molar refractivity (Wildman–Crippen MR) is 55.8 cm³/mol. The van der Waals surface area contributed by atoms with Crippen LogP contribution in [0, 0.1) is 5.92 Å². The molecule has 1 aliphatic heterocycles. The zero-order valence-electron chi connectivity index (χ0n) is 9.00. The van der Waals surface area contributed by atoms with Gasteiger partial charge in [-0.25, -0.2) is 0 Å². The molecule has 0 aromatic heterocycles. The average molecular weight is 213 g/mol. The van der Waals surface area contributed by atoms with Gasteiger partial charge in [-0.15, -0.1) is 0 Å². The highest BCUT2D eigenvalue weighted by Gasteiger charge is 2.47. The summed E-state index contributed by atoms with van der Waals surface area (Å²) in [5.41, 5.74) is -0.807. The van der Waals surface area contributed by atoms with Crippen LogP contribution >= 0.6 is 0 Å². The second-order valence-electron chi connectivity index (χ2n) is 4.59. The molecule has 0 amide bonds. The lowest BCUT2D eigenvalue weighted by Gasteiger charge is -2.42. The fraction of sp³-hybridized carbons (Fsp3) is 0.909. The topological polar surface area (TPSA) is 58.6 Å². The van der Waals surface area contributed by atoms with E-state index in [9.17, 15) is 9.90 Å². The van der Waals surface area contributed by atoms with Crippen LogP contribution < -0.4 is 5.32 Å². The summed E-state index contributed by atoms with van der Waals surface area (Å²) in [6, 6.07) is 0. The molecular formula is C11H19NO3. The van der Waals surface area contributed by atoms with Gasteiger partial charge in [-0.1, -0.05) is 19.3 Å². The lowest BCUT2D eigenvalue weighted by atomic mass is 9.74. The first-order chi connectivity index (χ1) is 7.26. The fourth-order valence-corrected chi connectivity index (χ4v) is 2.80. The lowest BCUT2D eigenvalue weighted by Crippen LogP contribution is -2.64. The molecule has 0 aromatic carbocycles. The Labute approximate surface area is 90.0 Å². The summed E-state index contributed by atoms with van der Waals surface area (Å²) in [4.78, 5) is 11.4. The van der Waals surface area contributed by atoms with Gasteiger partial charge in [0.25, 0.3) is 0 Å². The van der Waals surface area contributed by atoms with Gasteiger partial charge in [-0.2, -0.15) is 0 Å². The number of carbonyl (C=O) groups is 1. The number of aliphatic carboxylic acids is 1. The number of hydrogen-bond acceptors (Lipinski definition) is 3. The molecule has 2 N–H and O–H groups in total. The van der Waals surface area contributed by atoms with E-state index < -0.39 is 11.5 Å². The summed E-state index contributed by atoms with van der Waals surface area (Å²) < 4.78 is 5.36. The zero-order valence-corrected chi connectivity index (χ0v) is 9.00. The number of morpholine rings is 1. The molecule has 4 heteroatoms. The lowest BCUT2D eigenvalue weighted by molar-refractivity contribution is -0.155. The number of hydrogen-bond donors (Lipinski definition) is 2. The van der Waals surface area contributed by atoms with Crippen molar-refractivity contribution < 1.29 is 14.6 Å². The number of carboxylic acids is 1. The first-order valence-electron chi connectivity index (χ1n) is 5.82. The summed E-state index contributed by atoms with van der Waals surface area (Å²) in [5, 5.41) is 12.6. The molecule has 1 aliphatic carbocycles. The Morgan fingerprint density at radius 1 is 1.33 bits per heavy atom. The van der Waals surface area contributed by atoms with Crippen LogP contribution in [0.3, 0.4) is 0 Å². The Bertz CT molecular complexity index is 230. The van der Waals surface area contributed by atoms with Crippen molar-refractivity contribution in [2.75, 3.05) is 19.8 Å². The normalized spacial score (nSPS) is 33.9. The summed E-state index contributed by atoms with van der Waals surface area (Å²) >= 11 is 0. The van der Waals surface area contributed by atoms with Crippen LogP contribution in [0.25, 0.3) is 0 Å². The third-order valence-corrected chi connectivity index (χ3v) is 3.70. The van der Waals surface area contributed by atoms with E-state index in [0.717, 1.165) is 25.7 Å². The third kappa shape index (κ3) is 2.01. The van der Waals surface area contributed by atoms with Crippen LogP contribution in [0.15, 0.2) is 0 Å². The molecule has 1 saturated heterocycles. The van der Waals surface area contributed by atoms with E-state index >= 15 is 0 Å². The zero-order chi connectivity index (χ0) is 10.7. The maximum Gasteiger partial charge on any atom is 0.326 e. The number of ether oxygens (including phenoxy) is 1. The van der Waals surface area contributed by atoms with Crippen LogP contribution in [0.4, 0.5) is 0 Å². The van der Waals surface area contributed by atoms with Gasteiger partial charge in [-0.05, 0) is 18.8 Å². The van der Waals surface area contributed by atoms with E-state index in [1.165, 1.54) is 6.42 Å². The molecule has 0 bridgehead atoms. The van der Waals surface area contributed by atoms with Gasteiger partial charge in [-0.3, -0.25) is 10.1 Å². The fourth-order valence-electron chi connectivity index (χ4n) is 2.80. The van der Waals surface area contributed by atoms with E-state index in [2.05, 4.69) is 5.32 Å². The molecule has 0 radical (unpaired) electrons. The minimum atomic E-state index is -0.807. The summed E-state index contributed by atoms with van der Waals surface area (Å²) in [6.45, 7) is 1.61. The van der Waals surface area contributed by atoms with Gasteiger partial charge in [0.05, 0.1) is 13.2 Å². The highest BCUT2D eigenvalue weighted by atomic mass is 16.5. The van der Waals surface area contributed by atoms with Gasteiger partial charge < -0.3 is 9.84 Å². The van der Waals surface area contributed by atoms with Crippen molar-refractivity contribution in [2.45, 2.75) is 37.6 Å². The molecule has 15 heavy (non-hydrogen) atoms. The minimum absolute atomic E-state index is 0.240. The maximum absolute atomic E-state index is 11.4. The quantitative estimate of drug-likeness (QED) is 0.718.